The first-order valence-electron chi connectivity index (χ1n) is 9.68. The van der Waals surface area contributed by atoms with Crippen molar-refractivity contribution < 1.29 is 28.6 Å². The highest BCUT2D eigenvalue weighted by Crippen LogP contribution is 2.29. The summed E-state index contributed by atoms with van der Waals surface area (Å²) >= 11 is 0.974. The third-order valence-electron chi connectivity index (χ3n) is 4.58. The van der Waals surface area contributed by atoms with Gasteiger partial charge in [0, 0.05) is 6.54 Å². The van der Waals surface area contributed by atoms with Gasteiger partial charge in [-0.3, -0.25) is 14.5 Å². The molecule has 2 aromatic carbocycles. The summed E-state index contributed by atoms with van der Waals surface area (Å²) in [5.41, 5.74) is 1.27. The van der Waals surface area contributed by atoms with Gasteiger partial charge in [-0.15, -0.1) is 0 Å². The maximum absolute atomic E-state index is 14.0. The fourth-order valence-electron chi connectivity index (χ4n) is 2.98. The number of carboxylic acid groups (broad SMARTS) is 1. The average Bonchev–Trinajstić information content (AvgIpc) is 2.74. The molecule has 1 N–H and O–H groups in total. The Hall–Kier alpha value is -3.20. The molecule has 0 unspecified atom stereocenters. The second-order valence-electron chi connectivity index (χ2n) is 6.70. The second-order valence-corrected chi connectivity index (χ2v) is 7.87. The van der Waals surface area contributed by atoms with Gasteiger partial charge in [0.1, 0.15) is 11.1 Å². The summed E-state index contributed by atoms with van der Waals surface area (Å²) in [4.78, 5) is 41.7. The molecule has 3 rings (SSSR count). The SMILES string of the molecule is CCOC(=O)c1ccc(N=C2S[C@H](C(=O)O)CC(=O)N2CCc2ccccc2F)cc1. The van der Waals surface area contributed by atoms with E-state index in [-0.39, 0.29) is 42.9 Å². The highest BCUT2D eigenvalue weighted by molar-refractivity contribution is 8.15. The number of nitrogens with zero attached hydrogens (tertiary/aromatic N) is 2. The van der Waals surface area contributed by atoms with Gasteiger partial charge in [0.15, 0.2) is 5.17 Å². The predicted molar refractivity (Wildman–Crippen MR) is 115 cm³/mol. The molecule has 31 heavy (non-hydrogen) atoms. The molecule has 1 fully saturated rings. The van der Waals surface area contributed by atoms with Crippen LogP contribution in [-0.2, 0) is 20.7 Å². The minimum Gasteiger partial charge on any atom is -0.480 e. The van der Waals surface area contributed by atoms with Gasteiger partial charge in [0.2, 0.25) is 5.91 Å². The van der Waals surface area contributed by atoms with E-state index in [0.29, 0.717) is 16.8 Å². The molecule has 0 spiro atoms. The van der Waals surface area contributed by atoms with Crippen LogP contribution in [0.5, 0.6) is 0 Å². The van der Waals surface area contributed by atoms with E-state index in [4.69, 9.17) is 4.74 Å². The van der Waals surface area contributed by atoms with E-state index in [1.165, 1.54) is 11.0 Å². The normalized spacial score (nSPS) is 17.6. The third-order valence-corrected chi connectivity index (χ3v) is 5.76. The van der Waals surface area contributed by atoms with Gasteiger partial charge in [0.05, 0.1) is 24.3 Å². The highest BCUT2D eigenvalue weighted by atomic mass is 32.2. The summed E-state index contributed by atoms with van der Waals surface area (Å²) in [6, 6.07) is 12.6. The molecule has 0 saturated carbocycles. The van der Waals surface area contributed by atoms with Crippen LogP contribution in [0.2, 0.25) is 0 Å². The molecule has 9 heteroatoms. The summed E-state index contributed by atoms with van der Waals surface area (Å²) in [6.07, 6.45) is 0.0929. The fourth-order valence-corrected chi connectivity index (χ4v) is 4.04. The molecule has 1 heterocycles. The van der Waals surface area contributed by atoms with Gasteiger partial charge in [0.25, 0.3) is 0 Å². The summed E-state index contributed by atoms with van der Waals surface area (Å²) in [7, 11) is 0. The number of aliphatic imine (C=N–C) groups is 1. The largest absolute Gasteiger partial charge is 0.480 e. The number of carboxylic acids is 1. The van der Waals surface area contributed by atoms with Crippen LogP contribution in [0.4, 0.5) is 10.1 Å². The fraction of sp³-hybridized carbons (Fsp3) is 0.273. The molecule has 0 aromatic heterocycles. The number of halogens is 1. The van der Waals surface area contributed by atoms with Crippen LogP contribution >= 0.6 is 11.8 Å². The van der Waals surface area contributed by atoms with Crippen LogP contribution in [0.15, 0.2) is 53.5 Å². The number of amides is 1. The molecular formula is C22H21FN2O5S. The van der Waals surface area contributed by atoms with Crippen molar-refractivity contribution in [1.82, 2.24) is 4.90 Å². The van der Waals surface area contributed by atoms with Gasteiger partial charge in [-0.2, -0.15) is 0 Å². The number of rotatable bonds is 7. The van der Waals surface area contributed by atoms with E-state index < -0.39 is 17.2 Å². The van der Waals surface area contributed by atoms with Gasteiger partial charge >= 0.3 is 11.9 Å². The first-order valence-corrected chi connectivity index (χ1v) is 10.6. The minimum atomic E-state index is -1.10. The Balaban J connectivity index is 1.84. The van der Waals surface area contributed by atoms with Crippen molar-refractivity contribution >= 4 is 40.5 Å². The lowest BCUT2D eigenvalue weighted by molar-refractivity contribution is -0.139. The number of carbonyl (C=O) groups excluding carboxylic acids is 2. The summed E-state index contributed by atoms with van der Waals surface area (Å²) < 4.78 is 18.9. The molecule has 1 aliphatic heterocycles. The van der Waals surface area contributed by atoms with Crippen molar-refractivity contribution in [3.05, 3.63) is 65.5 Å². The predicted octanol–water partition coefficient (Wildman–Crippen LogP) is 3.65. The topological polar surface area (TPSA) is 96.3 Å². The molecule has 0 aliphatic carbocycles. The number of thioether (sulfide) groups is 1. The molecule has 0 radical (unpaired) electrons. The molecule has 0 bridgehead atoms. The molecule has 1 atom stereocenters. The van der Waals surface area contributed by atoms with Crippen molar-refractivity contribution in [3.8, 4) is 0 Å². The lowest BCUT2D eigenvalue weighted by Gasteiger charge is -2.30. The molecule has 1 amide bonds. The van der Waals surface area contributed by atoms with Crippen LogP contribution in [0, 0.1) is 5.82 Å². The van der Waals surface area contributed by atoms with Crippen molar-refractivity contribution in [3.63, 3.8) is 0 Å². The van der Waals surface area contributed by atoms with E-state index >= 15 is 0 Å². The molecule has 2 aromatic rings. The van der Waals surface area contributed by atoms with E-state index in [0.717, 1.165) is 11.8 Å². The first-order chi connectivity index (χ1) is 14.9. The number of amidine groups is 1. The Labute approximate surface area is 182 Å². The first kappa shape index (κ1) is 22.5. The van der Waals surface area contributed by atoms with Crippen molar-refractivity contribution in [1.29, 1.82) is 0 Å². The second kappa shape index (κ2) is 10.2. The van der Waals surface area contributed by atoms with E-state index in [1.807, 2.05) is 0 Å². The maximum atomic E-state index is 14.0. The number of carbonyl (C=O) groups is 3. The molecule has 7 nitrogen and oxygen atoms in total. The maximum Gasteiger partial charge on any atom is 0.338 e. The Kier molecular flexibility index (Phi) is 7.41. The van der Waals surface area contributed by atoms with E-state index in [2.05, 4.69) is 4.99 Å². The van der Waals surface area contributed by atoms with Crippen LogP contribution in [0.1, 0.15) is 29.3 Å². The van der Waals surface area contributed by atoms with Crippen molar-refractivity contribution in [2.75, 3.05) is 13.2 Å². The summed E-state index contributed by atoms with van der Waals surface area (Å²) in [6.45, 7) is 2.14. The van der Waals surface area contributed by atoms with Crippen molar-refractivity contribution in [2.45, 2.75) is 25.0 Å². The summed E-state index contributed by atoms with van der Waals surface area (Å²) in [5, 5.41) is 8.65. The smallest absolute Gasteiger partial charge is 0.338 e. The van der Waals surface area contributed by atoms with Crippen molar-refractivity contribution in [2.24, 2.45) is 4.99 Å². The van der Waals surface area contributed by atoms with Gasteiger partial charge < -0.3 is 9.84 Å². The van der Waals surface area contributed by atoms with Gasteiger partial charge in [-0.1, -0.05) is 30.0 Å². The molecule has 1 saturated heterocycles. The van der Waals surface area contributed by atoms with Gasteiger partial charge in [-0.05, 0) is 49.2 Å². The standard InChI is InChI=1S/C22H21FN2O5S/c1-2-30-21(29)15-7-9-16(10-8-15)24-22-25(19(26)13-18(31-22)20(27)28)12-11-14-5-3-4-6-17(14)23/h3-10,18H,2,11-13H2,1H3,(H,27,28)/t18-/m0/s1. The van der Waals surface area contributed by atoms with Crippen LogP contribution in [0.3, 0.4) is 0 Å². The molecule has 1 aliphatic rings. The van der Waals surface area contributed by atoms with Crippen LogP contribution < -0.4 is 0 Å². The minimum absolute atomic E-state index is 0.166. The monoisotopic (exact) mass is 444 g/mol. The highest BCUT2D eigenvalue weighted by Gasteiger charge is 2.35. The van der Waals surface area contributed by atoms with Crippen LogP contribution in [-0.4, -0.2) is 51.4 Å². The zero-order chi connectivity index (χ0) is 22.4. The Morgan fingerprint density at radius 3 is 2.58 bits per heavy atom. The lowest BCUT2D eigenvalue weighted by Crippen LogP contribution is -2.45. The number of ether oxygens (including phenoxy) is 1. The van der Waals surface area contributed by atoms with Gasteiger partial charge in [-0.25, -0.2) is 14.2 Å². The zero-order valence-corrected chi connectivity index (χ0v) is 17.6. The number of esters is 1. The average molecular weight is 444 g/mol. The van der Waals surface area contributed by atoms with E-state index in [9.17, 15) is 23.9 Å². The zero-order valence-electron chi connectivity index (χ0n) is 16.8. The Bertz CT molecular complexity index is 1010. The molecular weight excluding hydrogens is 423 g/mol. The Morgan fingerprint density at radius 1 is 1.23 bits per heavy atom. The molecule has 162 valence electrons. The van der Waals surface area contributed by atoms with E-state index in [1.54, 1.807) is 49.4 Å². The summed E-state index contributed by atoms with van der Waals surface area (Å²) in [5.74, 6) is -2.31. The lowest BCUT2D eigenvalue weighted by atomic mass is 10.1. The quantitative estimate of drug-likeness (QED) is 0.655. The number of hydrogen-bond acceptors (Lipinski definition) is 6. The third kappa shape index (κ3) is 5.69. The number of hydrogen-bond donors (Lipinski definition) is 1. The number of aliphatic carboxylic acids is 1. The number of benzene rings is 2. The Morgan fingerprint density at radius 2 is 1.94 bits per heavy atom. The van der Waals surface area contributed by atoms with Crippen LogP contribution in [0.25, 0.3) is 0 Å².